The lowest BCUT2D eigenvalue weighted by atomic mass is 9.91. The van der Waals surface area contributed by atoms with Gasteiger partial charge in [-0.15, -0.1) is 11.3 Å². The molecule has 0 aliphatic carbocycles. The normalized spacial score (nSPS) is 11.5. The van der Waals surface area contributed by atoms with Gasteiger partial charge in [-0.2, -0.15) is 0 Å². The van der Waals surface area contributed by atoms with Crippen LogP contribution in [0.4, 0.5) is 0 Å². The van der Waals surface area contributed by atoms with Crippen molar-refractivity contribution in [3.63, 3.8) is 0 Å². The van der Waals surface area contributed by atoms with E-state index in [2.05, 4.69) is 152 Å². The number of pyridine rings is 1. The Bertz CT molecular complexity index is 2890. The Labute approximate surface area is 299 Å². The lowest BCUT2D eigenvalue weighted by Gasteiger charge is -2.13. The summed E-state index contributed by atoms with van der Waals surface area (Å²) in [5.74, 6) is 0.726. The fourth-order valence-corrected chi connectivity index (χ4v) is 8.64. The number of thiophene rings is 1. The van der Waals surface area contributed by atoms with Gasteiger partial charge in [-0.05, 0) is 34.0 Å². The lowest BCUT2D eigenvalue weighted by molar-refractivity contribution is 1.23. The second-order valence-electron chi connectivity index (χ2n) is 12.7. The van der Waals surface area contributed by atoms with Crippen molar-refractivity contribution in [2.45, 2.75) is 0 Å². The van der Waals surface area contributed by atoms with Gasteiger partial charge in [-0.1, -0.05) is 164 Å². The van der Waals surface area contributed by atoms with E-state index in [1.54, 1.807) is 0 Å². The molecule has 0 radical (unpaired) electrons. The maximum absolute atomic E-state index is 5.36. The van der Waals surface area contributed by atoms with Gasteiger partial charge in [0.2, 0.25) is 0 Å². The second kappa shape index (κ2) is 12.1. The molecule has 0 aliphatic rings. The third-order valence-electron chi connectivity index (χ3n) is 9.69. The highest BCUT2D eigenvalue weighted by Crippen LogP contribution is 2.51. The molecule has 0 spiro atoms. The fraction of sp³-hybridized carbons (Fsp3) is 0. The van der Waals surface area contributed by atoms with Gasteiger partial charge in [-0.25, -0.2) is 15.0 Å². The zero-order chi connectivity index (χ0) is 33.7. The molecular weight excluding hydrogens is 639 g/mol. The molecule has 0 bridgehead atoms. The quantitative estimate of drug-likeness (QED) is 0.183. The van der Waals surface area contributed by atoms with Crippen LogP contribution < -0.4 is 0 Å². The lowest BCUT2D eigenvalue weighted by Crippen LogP contribution is -1.95. The van der Waals surface area contributed by atoms with E-state index in [1.807, 2.05) is 35.6 Å². The molecule has 7 aromatic carbocycles. The molecule has 0 saturated heterocycles. The Kier molecular flexibility index (Phi) is 7.00. The monoisotopic (exact) mass is 667 g/mol. The molecule has 0 N–H and O–H groups in total. The van der Waals surface area contributed by atoms with Crippen LogP contribution in [0.5, 0.6) is 0 Å². The topological polar surface area (TPSA) is 38.7 Å². The molecule has 0 fully saturated rings. The van der Waals surface area contributed by atoms with Gasteiger partial charge in [0.25, 0.3) is 0 Å². The number of fused-ring (bicyclic) bond motifs is 5. The van der Waals surface area contributed by atoms with Crippen molar-refractivity contribution in [3.8, 4) is 55.5 Å². The van der Waals surface area contributed by atoms with Gasteiger partial charge in [0.05, 0.1) is 22.4 Å². The van der Waals surface area contributed by atoms with Gasteiger partial charge in [-0.3, -0.25) is 0 Å². The van der Waals surface area contributed by atoms with Gasteiger partial charge >= 0.3 is 0 Å². The molecule has 0 aliphatic heterocycles. The van der Waals surface area contributed by atoms with Gasteiger partial charge in [0, 0.05) is 48.0 Å². The summed E-state index contributed by atoms with van der Waals surface area (Å²) in [6.07, 6.45) is 0. The van der Waals surface area contributed by atoms with Crippen molar-refractivity contribution >= 4 is 54.0 Å². The van der Waals surface area contributed by atoms with E-state index >= 15 is 0 Å². The van der Waals surface area contributed by atoms with Crippen molar-refractivity contribution < 1.29 is 0 Å². The van der Waals surface area contributed by atoms with E-state index < -0.39 is 0 Å². The zero-order valence-corrected chi connectivity index (χ0v) is 28.3. The first kappa shape index (κ1) is 29.4. The highest BCUT2D eigenvalue weighted by atomic mass is 32.1. The third kappa shape index (κ3) is 5.00. The van der Waals surface area contributed by atoms with Crippen LogP contribution in [0.2, 0.25) is 0 Å². The van der Waals surface area contributed by atoms with Crippen molar-refractivity contribution in [3.05, 3.63) is 176 Å². The van der Waals surface area contributed by atoms with Crippen LogP contribution in [0, 0.1) is 0 Å². The van der Waals surface area contributed by atoms with Crippen LogP contribution in [0.15, 0.2) is 176 Å². The van der Waals surface area contributed by atoms with Crippen molar-refractivity contribution in [1.82, 2.24) is 15.0 Å². The van der Waals surface area contributed by atoms with E-state index in [1.165, 1.54) is 42.2 Å². The summed E-state index contributed by atoms with van der Waals surface area (Å²) in [7, 11) is 0. The minimum absolute atomic E-state index is 0.726. The molecule has 4 heteroatoms. The number of benzene rings is 7. The van der Waals surface area contributed by atoms with E-state index in [-0.39, 0.29) is 0 Å². The molecule has 0 saturated carbocycles. The first-order valence-corrected chi connectivity index (χ1v) is 17.9. The predicted octanol–water partition coefficient (Wildman–Crippen LogP) is 12.9. The Morgan fingerprint density at radius 3 is 1.71 bits per heavy atom. The minimum Gasteiger partial charge on any atom is -0.247 e. The van der Waals surface area contributed by atoms with E-state index in [9.17, 15) is 0 Å². The molecule has 3 heterocycles. The SMILES string of the molecule is c1ccc(-c2nc(-c3ccc(-c4sc5c(c(-c6ccccc6)nc6ccccc65)c4-c4cccc5ccccc45)cc3)c3ccccc3n2)cc1. The van der Waals surface area contributed by atoms with Crippen LogP contribution in [-0.2, 0) is 0 Å². The molecule has 238 valence electrons. The maximum atomic E-state index is 5.36. The maximum Gasteiger partial charge on any atom is 0.160 e. The Hall–Kier alpha value is -6.49. The molecule has 3 aromatic heterocycles. The fourth-order valence-electron chi connectivity index (χ4n) is 7.29. The molecular formula is C47H29N3S. The van der Waals surface area contributed by atoms with E-state index in [0.717, 1.165) is 55.9 Å². The summed E-state index contributed by atoms with van der Waals surface area (Å²) in [6, 6.07) is 61.9. The molecule has 0 unspecified atom stereocenters. The average molecular weight is 668 g/mol. The number of rotatable bonds is 5. The summed E-state index contributed by atoms with van der Waals surface area (Å²) < 4.78 is 1.25. The van der Waals surface area contributed by atoms with Gasteiger partial charge < -0.3 is 0 Å². The van der Waals surface area contributed by atoms with Crippen LogP contribution >= 0.6 is 11.3 Å². The summed E-state index contributed by atoms with van der Waals surface area (Å²) in [6.45, 7) is 0. The third-order valence-corrected chi connectivity index (χ3v) is 11.0. The zero-order valence-electron chi connectivity index (χ0n) is 27.5. The molecule has 3 nitrogen and oxygen atoms in total. The van der Waals surface area contributed by atoms with Crippen LogP contribution in [0.1, 0.15) is 0 Å². The standard InChI is InChI=1S/C47H29N3S/c1-3-15-31(16-4-1)44-42-41(36-23-13-19-30-14-7-8-20-35(30)36)45(51-46(42)38-22-10-12-25-40(38)48-44)33-28-26-32(27-29-33)43-37-21-9-11-24-39(37)49-47(50-43)34-17-5-2-6-18-34/h1-29H. The molecule has 51 heavy (non-hydrogen) atoms. The van der Waals surface area contributed by atoms with Gasteiger partial charge in [0.15, 0.2) is 5.82 Å². The smallest absolute Gasteiger partial charge is 0.160 e. The number of hydrogen-bond acceptors (Lipinski definition) is 4. The van der Waals surface area contributed by atoms with Crippen LogP contribution in [0.3, 0.4) is 0 Å². The first-order valence-electron chi connectivity index (χ1n) is 17.1. The highest BCUT2D eigenvalue weighted by molar-refractivity contribution is 7.24. The summed E-state index contributed by atoms with van der Waals surface area (Å²) in [5, 5.41) is 5.84. The molecule has 10 rings (SSSR count). The summed E-state index contributed by atoms with van der Waals surface area (Å²) in [5.41, 5.74) is 10.6. The first-order chi connectivity index (χ1) is 25.3. The molecule has 0 atom stereocenters. The summed E-state index contributed by atoms with van der Waals surface area (Å²) >= 11 is 1.86. The van der Waals surface area contributed by atoms with Crippen molar-refractivity contribution in [2.75, 3.05) is 0 Å². The highest BCUT2D eigenvalue weighted by Gasteiger charge is 2.24. The van der Waals surface area contributed by atoms with Crippen molar-refractivity contribution in [2.24, 2.45) is 0 Å². The van der Waals surface area contributed by atoms with E-state index in [0.29, 0.717) is 0 Å². The van der Waals surface area contributed by atoms with Crippen LogP contribution in [0.25, 0.3) is 98.1 Å². The van der Waals surface area contributed by atoms with Crippen molar-refractivity contribution in [1.29, 1.82) is 0 Å². The van der Waals surface area contributed by atoms with Crippen LogP contribution in [-0.4, -0.2) is 15.0 Å². The number of hydrogen-bond donors (Lipinski definition) is 0. The molecule has 10 aromatic rings. The number of para-hydroxylation sites is 2. The largest absolute Gasteiger partial charge is 0.247 e. The van der Waals surface area contributed by atoms with Gasteiger partial charge in [0.1, 0.15) is 0 Å². The second-order valence-corrected chi connectivity index (χ2v) is 13.8. The molecule has 0 amide bonds. The Morgan fingerprint density at radius 1 is 0.373 bits per heavy atom. The Morgan fingerprint density at radius 2 is 0.941 bits per heavy atom. The minimum atomic E-state index is 0.726. The average Bonchev–Trinajstić information content (AvgIpc) is 3.61. The van der Waals surface area contributed by atoms with E-state index in [4.69, 9.17) is 15.0 Å². The number of aromatic nitrogens is 3. The summed E-state index contributed by atoms with van der Waals surface area (Å²) in [4.78, 5) is 16.7. The number of nitrogens with zero attached hydrogens (tertiary/aromatic N) is 3. The predicted molar refractivity (Wildman–Crippen MR) is 215 cm³/mol. The Balaban J connectivity index is 1.24.